The molecule has 0 radical (unpaired) electrons. The molecule has 7 heteroatoms. The highest BCUT2D eigenvalue weighted by Crippen LogP contribution is 2.42. The van der Waals surface area contributed by atoms with Gasteiger partial charge in [0.15, 0.2) is 5.78 Å². The van der Waals surface area contributed by atoms with Gasteiger partial charge in [0.2, 0.25) is 10.0 Å². The van der Waals surface area contributed by atoms with Crippen LogP contribution in [0, 0.1) is 5.92 Å². The highest BCUT2D eigenvalue weighted by Gasteiger charge is 2.37. The van der Waals surface area contributed by atoms with Crippen molar-refractivity contribution in [3.05, 3.63) is 63.9 Å². The minimum atomic E-state index is -3.18. The second-order valence-corrected chi connectivity index (χ2v) is 9.78. The van der Waals surface area contributed by atoms with E-state index < -0.39 is 10.0 Å². The molecule has 0 spiro atoms. The first kappa shape index (κ1) is 18.6. The maximum atomic E-state index is 12.9. The van der Waals surface area contributed by atoms with Gasteiger partial charge >= 0.3 is 0 Å². The molecule has 2 heterocycles. The number of hydrogen-bond donors (Lipinski definition) is 0. The van der Waals surface area contributed by atoms with Crippen LogP contribution in [-0.2, 0) is 16.4 Å². The van der Waals surface area contributed by atoms with Crippen LogP contribution in [0.4, 0.5) is 0 Å². The van der Waals surface area contributed by atoms with E-state index in [1.807, 2.05) is 24.3 Å². The van der Waals surface area contributed by atoms with Crippen LogP contribution >= 0.6 is 11.6 Å². The third kappa shape index (κ3) is 3.53. The number of benzene rings is 1. The zero-order valence-corrected chi connectivity index (χ0v) is 16.6. The molecule has 1 saturated heterocycles. The van der Waals surface area contributed by atoms with Gasteiger partial charge in [0, 0.05) is 42.2 Å². The first-order valence-electron chi connectivity index (χ1n) is 9.06. The summed E-state index contributed by atoms with van der Waals surface area (Å²) in [5.41, 5.74) is 3.51. The van der Waals surface area contributed by atoms with Crippen molar-refractivity contribution < 1.29 is 13.2 Å². The van der Waals surface area contributed by atoms with Gasteiger partial charge in [0.1, 0.15) is 0 Å². The molecule has 4 rings (SSSR count). The number of carbonyl (C=O) groups excluding carboxylic acids is 1. The van der Waals surface area contributed by atoms with Crippen LogP contribution in [0.25, 0.3) is 0 Å². The molecule has 1 atom stereocenters. The van der Waals surface area contributed by atoms with E-state index in [1.54, 1.807) is 12.3 Å². The molecule has 0 amide bonds. The van der Waals surface area contributed by atoms with Crippen molar-refractivity contribution in [1.29, 1.82) is 0 Å². The molecule has 0 saturated carbocycles. The zero-order valence-electron chi connectivity index (χ0n) is 15.1. The van der Waals surface area contributed by atoms with Crippen molar-refractivity contribution in [1.82, 2.24) is 9.29 Å². The average Bonchev–Trinajstić information content (AvgIpc) is 2.75. The molecule has 142 valence electrons. The molecule has 5 nitrogen and oxygen atoms in total. The molecular formula is C20H21ClN2O3S. The first-order valence-corrected chi connectivity index (χ1v) is 11.3. The number of piperidine rings is 1. The summed E-state index contributed by atoms with van der Waals surface area (Å²) in [5.74, 6) is 0.252. The number of rotatable bonds is 2. The molecule has 0 bridgehead atoms. The molecule has 1 fully saturated rings. The second-order valence-electron chi connectivity index (χ2n) is 7.36. The number of hydrogen-bond acceptors (Lipinski definition) is 4. The Morgan fingerprint density at radius 1 is 1.19 bits per heavy atom. The van der Waals surface area contributed by atoms with E-state index in [1.165, 1.54) is 10.6 Å². The number of fused-ring (bicyclic) bond motifs is 2. The fraction of sp³-hybridized carbons (Fsp3) is 0.400. The smallest absolute Gasteiger partial charge is 0.211 e. The Kier molecular flexibility index (Phi) is 4.82. The van der Waals surface area contributed by atoms with E-state index >= 15 is 0 Å². The highest BCUT2D eigenvalue weighted by atomic mass is 35.5. The summed E-state index contributed by atoms with van der Waals surface area (Å²) in [5, 5.41) is 0.548. The van der Waals surface area contributed by atoms with Gasteiger partial charge in [0.25, 0.3) is 0 Å². The molecule has 1 aromatic heterocycles. The number of aromatic nitrogens is 1. The average molecular weight is 405 g/mol. The van der Waals surface area contributed by atoms with Crippen LogP contribution in [0.2, 0.25) is 5.02 Å². The van der Waals surface area contributed by atoms with Crippen LogP contribution in [-0.4, -0.2) is 42.8 Å². The molecule has 1 aromatic carbocycles. The lowest BCUT2D eigenvalue weighted by molar-refractivity contribution is 0.0993. The molecule has 1 aliphatic heterocycles. The van der Waals surface area contributed by atoms with Crippen LogP contribution in [0.5, 0.6) is 0 Å². The summed E-state index contributed by atoms with van der Waals surface area (Å²) < 4.78 is 25.2. The quantitative estimate of drug-likeness (QED) is 0.770. The van der Waals surface area contributed by atoms with Gasteiger partial charge in [-0.1, -0.05) is 23.7 Å². The summed E-state index contributed by atoms with van der Waals surface area (Å²) in [6, 6.07) is 9.33. The summed E-state index contributed by atoms with van der Waals surface area (Å²) in [7, 11) is -3.18. The molecule has 1 unspecified atom stereocenters. The van der Waals surface area contributed by atoms with Gasteiger partial charge < -0.3 is 0 Å². The third-order valence-electron chi connectivity index (χ3n) is 5.66. The van der Waals surface area contributed by atoms with E-state index in [0.717, 1.165) is 29.7 Å². The van der Waals surface area contributed by atoms with E-state index in [-0.39, 0.29) is 17.6 Å². The Labute approximate surface area is 164 Å². The van der Waals surface area contributed by atoms with Crippen molar-refractivity contribution in [3.63, 3.8) is 0 Å². The maximum Gasteiger partial charge on any atom is 0.211 e. The Morgan fingerprint density at radius 2 is 1.93 bits per heavy atom. The SMILES string of the molecule is CS(=O)(=O)N1CCC(C2c3ccc(Cl)cc3C(=O)Cc3cccnc32)CC1. The first-order chi connectivity index (χ1) is 12.8. The Bertz CT molecular complexity index is 998. The number of nitrogens with zero attached hydrogens (tertiary/aromatic N) is 2. The molecule has 1 aliphatic carbocycles. The topological polar surface area (TPSA) is 67.3 Å². The number of pyridine rings is 1. The lowest BCUT2D eigenvalue weighted by atomic mass is 9.77. The van der Waals surface area contributed by atoms with Gasteiger partial charge in [-0.15, -0.1) is 0 Å². The number of sulfonamides is 1. The van der Waals surface area contributed by atoms with Gasteiger partial charge in [-0.05, 0) is 48.1 Å². The molecule has 2 aromatic rings. The van der Waals surface area contributed by atoms with Gasteiger partial charge in [-0.2, -0.15) is 0 Å². The van der Waals surface area contributed by atoms with Gasteiger partial charge in [-0.25, -0.2) is 12.7 Å². The second kappa shape index (κ2) is 7.00. The minimum Gasteiger partial charge on any atom is -0.294 e. The fourth-order valence-electron chi connectivity index (χ4n) is 4.35. The van der Waals surface area contributed by atoms with E-state index in [9.17, 15) is 13.2 Å². The standard InChI is InChI=1S/C20H21ClN2O3S/c1-27(25,26)23-9-6-13(7-10-23)19-16-5-4-15(21)12-17(16)18(24)11-14-3-2-8-22-20(14)19/h2-5,8,12-13,19H,6-7,9-11H2,1H3. The zero-order chi connectivity index (χ0) is 19.2. The summed E-state index contributed by atoms with van der Waals surface area (Å²) in [4.78, 5) is 17.5. The van der Waals surface area contributed by atoms with Crippen LogP contribution in [0.15, 0.2) is 36.5 Å². The van der Waals surface area contributed by atoms with E-state index in [2.05, 4.69) is 4.98 Å². The summed E-state index contributed by atoms with van der Waals surface area (Å²) >= 11 is 6.17. The normalized spacial score (nSPS) is 21.4. The van der Waals surface area contributed by atoms with Crippen molar-refractivity contribution in [2.45, 2.75) is 25.2 Å². The van der Waals surface area contributed by atoms with Crippen LogP contribution in [0.1, 0.15) is 45.9 Å². The lowest BCUT2D eigenvalue weighted by Crippen LogP contribution is -2.39. The Morgan fingerprint density at radius 3 is 2.63 bits per heavy atom. The molecular weight excluding hydrogens is 384 g/mol. The van der Waals surface area contributed by atoms with Gasteiger partial charge in [-0.3, -0.25) is 9.78 Å². The van der Waals surface area contributed by atoms with Crippen molar-refractivity contribution in [3.8, 4) is 0 Å². The largest absolute Gasteiger partial charge is 0.294 e. The monoisotopic (exact) mass is 404 g/mol. The van der Waals surface area contributed by atoms with Crippen molar-refractivity contribution in [2.75, 3.05) is 19.3 Å². The summed E-state index contributed by atoms with van der Waals surface area (Å²) in [6.07, 6.45) is 4.82. The third-order valence-corrected chi connectivity index (χ3v) is 7.20. The fourth-order valence-corrected chi connectivity index (χ4v) is 5.40. The Hall–Kier alpha value is -1.76. The van der Waals surface area contributed by atoms with Crippen molar-refractivity contribution in [2.24, 2.45) is 5.92 Å². The highest BCUT2D eigenvalue weighted by molar-refractivity contribution is 7.88. The number of ketones is 1. The molecule has 0 N–H and O–H groups in total. The van der Waals surface area contributed by atoms with Crippen molar-refractivity contribution >= 4 is 27.4 Å². The number of Topliss-reactive ketones (excluding diaryl/α,β-unsaturated/α-hetero) is 1. The minimum absolute atomic E-state index is 0.0263. The van der Waals surface area contributed by atoms with Gasteiger partial charge in [0.05, 0.1) is 11.9 Å². The summed E-state index contributed by atoms with van der Waals surface area (Å²) in [6.45, 7) is 0.998. The lowest BCUT2D eigenvalue weighted by Gasteiger charge is -2.35. The predicted molar refractivity (Wildman–Crippen MR) is 105 cm³/mol. The predicted octanol–water partition coefficient (Wildman–Crippen LogP) is 3.28. The van der Waals surface area contributed by atoms with Crippen LogP contribution in [0.3, 0.4) is 0 Å². The van der Waals surface area contributed by atoms with E-state index in [0.29, 0.717) is 30.1 Å². The number of halogens is 1. The van der Waals surface area contributed by atoms with Crippen LogP contribution < -0.4 is 0 Å². The molecule has 2 aliphatic rings. The molecule has 27 heavy (non-hydrogen) atoms. The van der Waals surface area contributed by atoms with E-state index in [4.69, 9.17) is 11.6 Å². The number of carbonyl (C=O) groups is 1. The Balaban J connectivity index is 1.78. The maximum absolute atomic E-state index is 12.9.